The molecule has 198 valence electrons. The number of hydrogen-bond acceptors (Lipinski definition) is 3. The Morgan fingerprint density at radius 3 is 2.39 bits per heavy atom. The van der Waals surface area contributed by atoms with Gasteiger partial charge in [0.2, 0.25) is 5.91 Å². The molecule has 38 heavy (non-hydrogen) atoms. The first-order valence-electron chi connectivity index (χ1n) is 11.1. The molecule has 0 bridgehead atoms. The molecule has 0 saturated carbocycles. The zero-order chi connectivity index (χ0) is 27.4. The number of aromatic nitrogens is 1. The summed E-state index contributed by atoms with van der Waals surface area (Å²) >= 11 is 7.12. The van der Waals surface area contributed by atoms with E-state index in [9.17, 15) is 31.5 Å². The first kappa shape index (κ1) is 27.5. The minimum atomic E-state index is -4.58. The molecule has 0 spiro atoms. The van der Waals surface area contributed by atoms with E-state index in [2.05, 4.69) is 10.6 Å². The molecule has 1 heterocycles. The van der Waals surface area contributed by atoms with Gasteiger partial charge in [0, 0.05) is 35.1 Å². The zero-order valence-corrected chi connectivity index (χ0v) is 21.0. The second-order valence-electron chi connectivity index (χ2n) is 8.09. The van der Waals surface area contributed by atoms with Crippen molar-refractivity contribution in [1.29, 1.82) is 0 Å². The first-order chi connectivity index (χ1) is 18.0. The third-order valence-electron chi connectivity index (χ3n) is 5.51. The maximum Gasteiger partial charge on any atom is 0.416 e. The Balaban J connectivity index is 1.42. The lowest BCUT2D eigenvalue weighted by Gasteiger charge is -2.11. The summed E-state index contributed by atoms with van der Waals surface area (Å²) in [6.07, 6.45) is -2.82. The number of benzene rings is 3. The zero-order valence-electron chi connectivity index (χ0n) is 19.4. The summed E-state index contributed by atoms with van der Waals surface area (Å²) in [7, 11) is 0. The SMILES string of the molecule is O=C(CSc1cn(CCNC(=O)c2c(F)cccc2F)c2ccccc12)Nc1cc(C(F)(F)F)ccc1Cl. The standard InChI is InChI=1S/C26H19ClF5N3O2S/c27-17-9-8-15(26(30,31)32)12-20(17)34-23(36)14-38-22-13-35(21-7-2-1-4-16(21)22)11-10-33-25(37)24-18(28)5-3-6-19(24)29/h1-9,12-13H,10-11,14H2,(H,33,37)(H,34,36). The summed E-state index contributed by atoms with van der Waals surface area (Å²) in [6.45, 7) is 0.346. The number of nitrogens with zero attached hydrogens (tertiary/aromatic N) is 1. The van der Waals surface area contributed by atoms with Crippen LogP contribution in [0.25, 0.3) is 10.9 Å². The van der Waals surface area contributed by atoms with Crippen molar-refractivity contribution >= 4 is 51.8 Å². The van der Waals surface area contributed by atoms with Gasteiger partial charge in [-0.3, -0.25) is 9.59 Å². The van der Waals surface area contributed by atoms with Crippen LogP contribution in [0.3, 0.4) is 0 Å². The van der Waals surface area contributed by atoms with Crippen molar-refractivity contribution < 1.29 is 31.5 Å². The summed E-state index contributed by atoms with van der Waals surface area (Å²) in [4.78, 5) is 25.5. The van der Waals surface area contributed by atoms with Gasteiger partial charge in [-0.05, 0) is 36.4 Å². The van der Waals surface area contributed by atoms with E-state index in [4.69, 9.17) is 11.6 Å². The molecule has 0 saturated heterocycles. The van der Waals surface area contributed by atoms with E-state index in [0.717, 1.165) is 46.1 Å². The van der Waals surface area contributed by atoms with Crippen LogP contribution in [0.15, 0.2) is 71.8 Å². The monoisotopic (exact) mass is 567 g/mol. The van der Waals surface area contributed by atoms with Crippen LogP contribution in [-0.2, 0) is 17.5 Å². The van der Waals surface area contributed by atoms with Crippen molar-refractivity contribution in [3.05, 3.63) is 94.6 Å². The number of carbonyl (C=O) groups excluding carboxylic acids is 2. The number of thioether (sulfide) groups is 1. The number of rotatable bonds is 8. The van der Waals surface area contributed by atoms with Gasteiger partial charge >= 0.3 is 6.18 Å². The molecular formula is C26H19ClF5N3O2S. The molecule has 1 aromatic heterocycles. The van der Waals surface area contributed by atoms with Gasteiger partial charge < -0.3 is 15.2 Å². The maximum absolute atomic E-state index is 13.8. The predicted octanol–water partition coefficient (Wildman–Crippen LogP) is 6.75. The molecule has 0 atom stereocenters. The van der Waals surface area contributed by atoms with E-state index in [-0.39, 0.29) is 29.6 Å². The number of amides is 2. The van der Waals surface area contributed by atoms with E-state index in [1.807, 2.05) is 28.8 Å². The number of para-hydroxylation sites is 1. The Labute approximate surface area is 223 Å². The normalized spacial score (nSPS) is 11.5. The minimum Gasteiger partial charge on any atom is -0.350 e. The highest BCUT2D eigenvalue weighted by Crippen LogP contribution is 2.34. The van der Waals surface area contributed by atoms with Crippen molar-refractivity contribution in [1.82, 2.24) is 9.88 Å². The van der Waals surface area contributed by atoms with Crippen molar-refractivity contribution in [2.75, 3.05) is 17.6 Å². The fourth-order valence-electron chi connectivity index (χ4n) is 3.73. The predicted molar refractivity (Wildman–Crippen MR) is 136 cm³/mol. The summed E-state index contributed by atoms with van der Waals surface area (Å²) < 4.78 is 68.5. The minimum absolute atomic E-state index is 0.0229. The average molecular weight is 568 g/mol. The average Bonchev–Trinajstić information content (AvgIpc) is 3.21. The van der Waals surface area contributed by atoms with Crippen LogP contribution in [0.5, 0.6) is 0 Å². The smallest absolute Gasteiger partial charge is 0.350 e. The number of halogens is 6. The quantitative estimate of drug-likeness (QED) is 0.183. The first-order valence-corrected chi connectivity index (χ1v) is 12.5. The highest BCUT2D eigenvalue weighted by Gasteiger charge is 2.31. The van der Waals surface area contributed by atoms with Crippen LogP contribution in [0, 0.1) is 11.6 Å². The Kier molecular flexibility index (Phi) is 8.27. The van der Waals surface area contributed by atoms with Gasteiger partial charge in [-0.15, -0.1) is 11.8 Å². The third-order valence-corrected chi connectivity index (χ3v) is 6.88. The van der Waals surface area contributed by atoms with Crippen LogP contribution in [-0.4, -0.2) is 28.7 Å². The van der Waals surface area contributed by atoms with Crippen molar-refractivity contribution in [2.24, 2.45) is 0 Å². The molecule has 12 heteroatoms. The van der Waals surface area contributed by atoms with Crippen LogP contribution >= 0.6 is 23.4 Å². The van der Waals surface area contributed by atoms with Gasteiger partial charge in [-0.25, -0.2) is 8.78 Å². The van der Waals surface area contributed by atoms with E-state index in [0.29, 0.717) is 0 Å². The largest absolute Gasteiger partial charge is 0.416 e. The van der Waals surface area contributed by atoms with Gasteiger partial charge in [0.05, 0.1) is 22.0 Å². The van der Waals surface area contributed by atoms with Gasteiger partial charge in [-0.1, -0.05) is 35.9 Å². The summed E-state index contributed by atoms with van der Waals surface area (Å²) in [6, 6.07) is 13.1. The second kappa shape index (κ2) is 11.4. The fourth-order valence-corrected chi connectivity index (χ4v) is 4.79. The Hall–Kier alpha value is -3.57. The molecule has 2 N–H and O–H groups in total. The van der Waals surface area contributed by atoms with Crippen LogP contribution in [0.4, 0.5) is 27.6 Å². The van der Waals surface area contributed by atoms with E-state index in [1.165, 1.54) is 17.8 Å². The van der Waals surface area contributed by atoms with E-state index >= 15 is 0 Å². The van der Waals surface area contributed by atoms with E-state index in [1.54, 1.807) is 6.20 Å². The van der Waals surface area contributed by atoms with Gasteiger partial charge in [0.25, 0.3) is 5.91 Å². The Morgan fingerprint density at radius 1 is 0.974 bits per heavy atom. The molecule has 4 aromatic rings. The van der Waals surface area contributed by atoms with Crippen molar-refractivity contribution in [2.45, 2.75) is 17.6 Å². The molecule has 0 unspecified atom stereocenters. The third kappa shape index (κ3) is 6.28. The van der Waals surface area contributed by atoms with Crippen LogP contribution in [0.1, 0.15) is 15.9 Å². The molecule has 0 aliphatic carbocycles. The Bertz CT molecular complexity index is 1490. The molecule has 2 amide bonds. The molecule has 3 aromatic carbocycles. The molecule has 5 nitrogen and oxygen atoms in total. The molecule has 0 aliphatic heterocycles. The maximum atomic E-state index is 13.8. The number of nitrogens with one attached hydrogen (secondary N) is 2. The topological polar surface area (TPSA) is 63.1 Å². The van der Waals surface area contributed by atoms with Gasteiger partial charge in [0.15, 0.2) is 0 Å². The lowest BCUT2D eigenvalue weighted by atomic mass is 10.2. The second-order valence-corrected chi connectivity index (χ2v) is 9.51. The Morgan fingerprint density at radius 2 is 1.68 bits per heavy atom. The van der Waals surface area contributed by atoms with E-state index < -0.39 is 40.8 Å². The lowest BCUT2D eigenvalue weighted by molar-refractivity contribution is -0.137. The van der Waals surface area contributed by atoms with Crippen LogP contribution in [0.2, 0.25) is 5.02 Å². The van der Waals surface area contributed by atoms with Crippen LogP contribution < -0.4 is 10.6 Å². The number of alkyl halides is 3. The van der Waals surface area contributed by atoms with Crippen molar-refractivity contribution in [3.63, 3.8) is 0 Å². The summed E-state index contributed by atoms with van der Waals surface area (Å²) in [5, 5.41) is 5.70. The number of carbonyl (C=O) groups is 2. The summed E-state index contributed by atoms with van der Waals surface area (Å²) in [5.74, 6) is -3.46. The van der Waals surface area contributed by atoms with Gasteiger partial charge in [-0.2, -0.15) is 13.2 Å². The van der Waals surface area contributed by atoms with Gasteiger partial charge in [0.1, 0.15) is 17.2 Å². The lowest BCUT2D eigenvalue weighted by Crippen LogP contribution is -2.28. The van der Waals surface area contributed by atoms with Crippen molar-refractivity contribution in [3.8, 4) is 0 Å². The highest BCUT2D eigenvalue weighted by molar-refractivity contribution is 8.00. The molecular weight excluding hydrogens is 549 g/mol. The molecule has 0 aliphatic rings. The summed E-state index contributed by atoms with van der Waals surface area (Å²) in [5.41, 5.74) is -0.940. The fraction of sp³-hybridized carbons (Fsp3) is 0.154. The highest BCUT2D eigenvalue weighted by atomic mass is 35.5. The molecule has 0 fully saturated rings. The number of anilines is 1. The molecule has 4 rings (SSSR count). The number of fused-ring (bicyclic) bond motifs is 1. The molecule has 0 radical (unpaired) electrons. The number of hydrogen-bond donors (Lipinski definition) is 2.